The molecular formula is C22H33N5O4. The Kier molecular flexibility index (Phi) is 8.63. The van der Waals surface area contributed by atoms with Crippen LogP contribution in [0.15, 0.2) is 6.07 Å². The van der Waals surface area contributed by atoms with E-state index < -0.39 is 11.6 Å². The van der Waals surface area contributed by atoms with Gasteiger partial charge < -0.3 is 24.6 Å². The van der Waals surface area contributed by atoms with E-state index in [4.69, 9.17) is 14.7 Å². The van der Waals surface area contributed by atoms with Crippen molar-refractivity contribution in [1.29, 1.82) is 5.26 Å². The number of nitrogens with one attached hydrogen (secondary N) is 1. The van der Waals surface area contributed by atoms with Gasteiger partial charge in [0.05, 0.1) is 24.9 Å². The maximum absolute atomic E-state index is 12.5. The molecule has 2 aliphatic heterocycles. The van der Waals surface area contributed by atoms with Gasteiger partial charge in [0.1, 0.15) is 5.60 Å². The summed E-state index contributed by atoms with van der Waals surface area (Å²) in [6, 6.07) is 3.59. The van der Waals surface area contributed by atoms with E-state index >= 15 is 0 Å². The van der Waals surface area contributed by atoms with Crippen molar-refractivity contribution >= 4 is 17.7 Å². The van der Waals surface area contributed by atoms with Gasteiger partial charge in [0.15, 0.2) is 5.69 Å². The number of esters is 1. The minimum Gasteiger partial charge on any atom is -0.461 e. The van der Waals surface area contributed by atoms with Crippen LogP contribution >= 0.6 is 0 Å². The number of carbonyl (C=O) groups is 2. The monoisotopic (exact) mass is 431 g/mol. The molecule has 1 fully saturated rings. The Morgan fingerprint density at radius 1 is 1.26 bits per heavy atom. The summed E-state index contributed by atoms with van der Waals surface area (Å²) >= 11 is 0. The minimum absolute atomic E-state index is 0.292. The minimum atomic E-state index is -0.552. The van der Waals surface area contributed by atoms with Crippen LogP contribution in [-0.2, 0) is 22.4 Å². The molecule has 1 amide bonds. The van der Waals surface area contributed by atoms with E-state index in [-0.39, 0.29) is 6.09 Å². The second kappa shape index (κ2) is 11.0. The molecule has 0 unspecified atom stereocenters. The van der Waals surface area contributed by atoms with Crippen molar-refractivity contribution in [1.82, 2.24) is 15.2 Å². The molecule has 31 heavy (non-hydrogen) atoms. The SMILES string of the molecule is CC#N.CCOC(=O)c1cc(N2CCNCC2)c2c(n1)CN(C(=O)OC(C)(C)C)CC2. The number of rotatable bonds is 3. The molecule has 0 aromatic carbocycles. The first-order chi connectivity index (χ1) is 14.7. The standard InChI is InChI=1S/C20H30N4O4.C2H3N/c1-5-27-18(25)15-12-17(23-10-7-21-8-11-23)14-6-9-24(13-16(14)22-15)19(26)28-20(2,3)4;1-2-3/h12,21H,5-11,13H2,1-4H3;1H3. The Balaban J connectivity index is 0.00000107. The van der Waals surface area contributed by atoms with Crippen LogP contribution in [0.1, 0.15) is 56.4 Å². The lowest BCUT2D eigenvalue weighted by atomic mass is 10.0. The zero-order valence-corrected chi connectivity index (χ0v) is 19.2. The van der Waals surface area contributed by atoms with Gasteiger partial charge in [-0.2, -0.15) is 5.26 Å². The summed E-state index contributed by atoms with van der Waals surface area (Å²) in [5, 5.41) is 10.7. The highest BCUT2D eigenvalue weighted by Crippen LogP contribution is 2.30. The molecule has 1 saturated heterocycles. The Morgan fingerprint density at radius 2 is 1.90 bits per heavy atom. The number of pyridine rings is 1. The summed E-state index contributed by atoms with van der Waals surface area (Å²) in [7, 11) is 0. The molecule has 0 radical (unpaired) electrons. The number of anilines is 1. The number of nitrogens with zero attached hydrogens (tertiary/aromatic N) is 4. The van der Waals surface area contributed by atoms with Crippen molar-refractivity contribution in [3.8, 4) is 6.07 Å². The second-order valence-corrected chi connectivity index (χ2v) is 8.28. The number of hydrogen-bond donors (Lipinski definition) is 1. The lowest BCUT2D eigenvalue weighted by Gasteiger charge is -2.35. The van der Waals surface area contributed by atoms with E-state index in [0.29, 0.717) is 31.8 Å². The first-order valence-electron chi connectivity index (χ1n) is 10.6. The first kappa shape index (κ1) is 24.4. The van der Waals surface area contributed by atoms with Gasteiger partial charge in [-0.25, -0.2) is 14.6 Å². The number of piperazine rings is 1. The van der Waals surface area contributed by atoms with Crippen LogP contribution in [0.2, 0.25) is 0 Å². The van der Waals surface area contributed by atoms with Crippen molar-refractivity contribution in [3.63, 3.8) is 0 Å². The number of hydrogen-bond acceptors (Lipinski definition) is 8. The van der Waals surface area contributed by atoms with Gasteiger partial charge in [0.2, 0.25) is 0 Å². The van der Waals surface area contributed by atoms with Crippen LogP contribution in [0, 0.1) is 11.3 Å². The van der Waals surface area contributed by atoms with Gasteiger partial charge in [-0.05, 0) is 40.2 Å². The quantitative estimate of drug-likeness (QED) is 0.728. The molecule has 1 aromatic rings. The van der Waals surface area contributed by atoms with Gasteiger partial charge in [0.25, 0.3) is 0 Å². The van der Waals surface area contributed by atoms with E-state index in [1.165, 1.54) is 6.92 Å². The molecule has 0 saturated carbocycles. The summed E-state index contributed by atoms with van der Waals surface area (Å²) in [6.07, 6.45) is 0.328. The summed E-state index contributed by atoms with van der Waals surface area (Å²) in [5.41, 5.74) is 2.62. The van der Waals surface area contributed by atoms with E-state index in [1.807, 2.05) is 26.8 Å². The molecule has 9 heteroatoms. The molecule has 0 atom stereocenters. The maximum Gasteiger partial charge on any atom is 0.410 e. The van der Waals surface area contributed by atoms with Crippen molar-refractivity contribution < 1.29 is 19.1 Å². The van der Waals surface area contributed by atoms with Crippen LogP contribution in [0.25, 0.3) is 0 Å². The lowest BCUT2D eigenvalue weighted by Crippen LogP contribution is -2.45. The molecule has 3 heterocycles. The molecule has 170 valence electrons. The summed E-state index contributed by atoms with van der Waals surface area (Å²) in [6.45, 7) is 13.5. The number of ether oxygens (including phenoxy) is 2. The maximum atomic E-state index is 12.5. The number of nitriles is 1. The molecular weight excluding hydrogens is 398 g/mol. The highest BCUT2D eigenvalue weighted by molar-refractivity contribution is 5.89. The highest BCUT2D eigenvalue weighted by atomic mass is 16.6. The average molecular weight is 432 g/mol. The zero-order valence-electron chi connectivity index (χ0n) is 19.2. The Labute approximate surface area is 184 Å². The Bertz CT molecular complexity index is 822. The third kappa shape index (κ3) is 6.82. The fourth-order valence-corrected chi connectivity index (χ4v) is 3.50. The number of amides is 1. The molecule has 2 aliphatic rings. The van der Waals surface area contributed by atoms with E-state index in [9.17, 15) is 9.59 Å². The zero-order chi connectivity index (χ0) is 23.0. The molecule has 1 aromatic heterocycles. The predicted molar refractivity (Wildman–Crippen MR) is 117 cm³/mol. The number of carbonyl (C=O) groups excluding carboxylic acids is 2. The lowest BCUT2D eigenvalue weighted by molar-refractivity contribution is 0.0221. The molecule has 1 N–H and O–H groups in total. The van der Waals surface area contributed by atoms with E-state index in [2.05, 4.69) is 15.2 Å². The van der Waals surface area contributed by atoms with Crippen LogP contribution in [0.4, 0.5) is 10.5 Å². The van der Waals surface area contributed by atoms with Crippen molar-refractivity contribution in [2.24, 2.45) is 0 Å². The third-order valence-corrected chi connectivity index (χ3v) is 4.75. The number of aromatic nitrogens is 1. The van der Waals surface area contributed by atoms with Crippen LogP contribution in [0.3, 0.4) is 0 Å². The second-order valence-electron chi connectivity index (χ2n) is 8.28. The molecule has 0 aliphatic carbocycles. The first-order valence-corrected chi connectivity index (χ1v) is 10.6. The fraction of sp³-hybridized carbons (Fsp3) is 0.636. The highest BCUT2D eigenvalue weighted by Gasteiger charge is 2.30. The average Bonchev–Trinajstić information content (AvgIpc) is 2.72. The molecule has 0 bridgehead atoms. The fourth-order valence-electron chi connectivity index (χ4n) is 3.50. The van der Waals surface area contributed by atoms with Crippen LogP contribution < -0.4 is 10.2 Å². The van der Waals surface area contributed by atoms with Crippen molar-refractivity contribution in [3.05, 3.63) is 23.0 Å². The van der Waals surface area contributed by atoms with Gasteiger partial charge in [0, 0.05) is 50.9 Å². The third-order valence-electron chi connectivity index (χ3n) is 4.75. The largest absolute Gasteiger partial charge is 0.461 e. The van der Waals surface area contributed by atoms with E-state index in [1.54, 1.807) is 17.9 Å². The van der Waals surface area contributed by atoms with Crippen molar-refractivity contribution in [2.75, 3.05) is 44.2 Å². The Hall–Kier alpha value is -2.86. The smallest absolute Gasteiger partial charge is 0.410 e. The van der Waals surface area contributed by atoms with E-state index in [0.717, 1.165) is 43.1 Å². The summed E-state index contributed by atoms with van der Waals surface area (Å²) < 4.78 is 10.7. The summed E-state index contributed by atoms with van der Waals surface area (Å²) in [4.78, 5) is 33.3. The van der Waals surface area contributed by atoms with Gasteiger partial charge in [-0.1, -0.05) is 0 Å². The van der Waals surface area contributed by atoms with Crippen molar-refractivity contribution in [2.45, 2.75) is 53.2 Å². The molecule has 0 spiro atoms. The molecule has 3 rings (SSSR count). The van der Waals surface area contributed by atoms with Crippen LogP contribution in [0.5, 0.6) is 0 Å². The molecule has 9 nitrogen and oxygen atoms in total. The van der Waals surface area contributed by atoms with Gasteiger partial charge in [-0.3, -0.25) is 0 Å². The number of fused-ring (bicyclic) bond motifs is 1. The topological polar surface area (TPSA) is 108 Å². The summed E-state index contributed by atoms with van der Waals surface area (Å²) in [5.74, 6) is -0.434. The van der Waals surface area contributed by atoms with Gasteiger partial charge in [-0.15, -0.1) is 0 Å². The van der Waals surface area contributed by atoms with Gasteiger partial charge >= 0.3 is 12.1 Å². The Morgan fingerprint density at radius 3 is 2.48 bits per heavy atom. The predicted octanol–water partition coefficient (Wildman–Crippen LogP) is 2.49. The van der Waals surface area contributed by atoms with Crippen LogP contribution in [-0.4, -0.2) is 66.9 Å². The normalized spacial score (nSPS) is 15.7.